The van der Waals surface area contributed by atoms with E-state index in [1.165, 1.54) is 11.3 Å². The summed E-state index contributed by atoms with van der Waals surface area (Å²) in [5.41, 5.74) is 0. The molecule has 3 amide bonds. The van der Waals surface area contributed by atoms with Gasteiger partial charge in [0.25, 0.3) is 0 Å². The molecule has 0 aromatic carbocycles. The molecule has 2 aliphatic heterocycles. The number of nitrogens with zero attached hydrogens (tertiary/aromatic N) is 2. The van der Waals surface area contributed by atoms with Crippen LogP contribution in [-0.4, -0.2) is 46.7 Å². The quantitative estimate of drug-likeness (QED) is 0.721. The normalized spacial score (nSPS) is 24.2. The van der Waals surface area contributed by atoms with Gasteiger partial charge in [0.15, 0.2) is 0 Å². The van der Waals surface area contributed by atoms with Gasteiger partial charge in [-0.25, -0.2) is 0 Å². The minimum absolute atomic E-state index is 0.0825. The predicted octanol–water partition coefficient (Wildman–Crippen LogP) is 1.32. The van der Waals surface area contributed by atoms with Gasteiger partial charge in [-0.3, -0.25) is 19.3 Å². The van der Waals surface area contributed by atoms with E-state index < -0.39 is 0 Å². The van der Waals surface area contributed by atoms with Crippen molar-refractivity contribution in [2.75, 3.05) is 13.1 Å². The molecule has 2 rings (SSSR count). The Hall–Kier alpha value is -1.39. The monoisotopic (exact) mass is 266 g/mol. The number of amides is 3. The molecule has 1 atom stereocenters. The van der Waals surface area contributed by atoms with Crippen LogP contribution in [0.3, 0.4) is 0 Å². The lowest BCUT2D eigenvalue weighted by Gasteiger charge is -2.35. The lowest BCUT2D eigenvalue weighted by atomic mass is 9.99. The molecule has 0 saturated carbocycles. The van der Waals surface area contributed by atoms with Crippen LogP contribution in [-0.2, 0) is 14.4 Å². The smallest absolute Gasteiger partial charge is 0.229 e. The molecule has 0 aliphatic carbocycles. The first kappa shape index (κ1) is 14.0. The Labute approximate surface area is 113 Å². The molecule has 2 saturated heterocycles. The van der Waals surface area contributed by atoms with E-state index in [0.29, 0.717) is 18.9 Å². The molecule has 0 N–H and O–H groups in total. The van der Waals surface area contributed by atoms with Crippen LogP contribution in [0.1, 0.15) is 51.9 Å². The van der Waals surface area contributed by atoms with E-state index in [1.54, 1.807) is 0 Å². The zero-order valence-electron chi connectivity index (χ0n) is 11.6. The summed E-state index contributed by atoms with van der Waals surface area (Å²) in [6.07, 6.45) is 5.17. The van der Waals surface area contributed by atoms with Gasteiger partial charge in [-0.2, -0.15) is 0 Å². The van der Waals surface area contributed by atoms with Gasteiger partial charge in [-0.15, -0.1) is 0 Å². The summed E-state index contributed by atoms with van der Waals surface area (Å²) in [6.45, 7) is 3.17. The number of rotatable bonds is 4. The molecule has 106 valence electrons. The maximum absolute atomic E-state index is 12.2. The summed E-state index contributed by atoms with van der Waals surface area (Å²) in [5, 5.41) is 0. The van der Waals surface area contributed by atoms with Gasteiger partial charge in [0.1, 0.15) is 0 Å². The van der Waals surface area contributed by atoms with Crippen molar-refractivity contribution >= 4 is 17.7 Å². The fraction of sp³-hybridized carbons (Fsp3) is 0.786. The molecular formula is C14H22N2O3. The van der Waals surface area contributed by atoms with Crippen LogP contribution in [0.5, 0.6) is 0 Å². The second kappa shape index (κ2) is 6.17. The zero-order chi connectivity index (χ0) is 13.8. The molecule has 1 unspecified atom stereocenters. The first-order valence-corrected chi connectivity index (χ1v) is 7.26. The number of carbonyl (C=O) groups is 3. The Bertz CT molecular complexity index is 365. The van der Waals surface area contributed by atoms with E-state index >= 15 is 0 Å². The first-order valence-electron chi connectivity index (χ1n) is 7.26. The number of carbonyl (C=O) groups excluding carboxylic acids is 3. The third-order valence-electron chi connectivity index (χ3n) is 4.12. The molecular weight excluding hydrogens is 244 g/mol. The van der Waals surface area contributed by atoms with Gasteiger partial charge in [-0.1, -0.05) is 6.92 Å². The standard InChI is InChI=1S/C14H22N2O3/c1-2-11-5-3-4-9-15(11)14(19)8-10-16-12(17)6-7-13(16)18/h11H,2-10H2,1H3. The first-order chi connectivity index (χ1) is 9.13. The molecule has 2 fully saturated rings. The molecule has 0 bridgehead atoms. The largest absolute Gasteiger partial charge is 0.340 e. The highest BCUT2D eigenvalue weighted by molar-refractivity contribution is 6.02. The van der Waals surface area contributed by atoms with Crippen molar-refractivity contribution in [1.82, 2.24) is 9.80 Å². The Balaban J connectivity index is 1.86. The van der Waals surface area contributed by atoms with Crippen molar-refractivity contribution in [2.45, 2.75) is 57.9 Å². The molecule has 2 heterocycles. The van der Waals surface area contributed by atoms with Crippen molar-refractivity contribution in [1.29, 1.82) is 0 Å². The number of piperidine rings is 1. The maximum Gasteiger partial charge on any atom is 0.229 e. The van der Waals surface area contributed by atoms with Gasteiger partial charge in [0.2, 0.25) is 17.7 Å². The summed E-state index contributed by atoms with van der Waals surface area (Å²) in [7, 11) is 0. The lowest BCUT2D eigenvalue weighted by Crippen LogP contribution is -2.44. The number of likely N-dealkylation sites (tertiary alicyclic amines) is 2. The summed E-state index contributed by atoms with van der Waals surface area (Å²) < 4.78 is 0. The lowest BCUT2D eigenvalue weighted by molar-refractivity contribution is -0.140. The van der Waals surface area contributed by atoms with Crippen LogP contribution in [0, 0.1) is 0 Å². The Kier molecular flexibility index (Phi) is 4.56. The SMILES string of the molecule is CCC1CCCCN1C(=O)CCN1C(=O)CCC1=O. The van der Waals surface area contributed by atoms with Crippen molar-refractivity contribution in [3.05, 3.63) is 0 Å². The molecule has 5 nitrogen and oxygen atoms in total. The number of hydrogen-bond donors (Lipinski definition) is 0. The van der Waals surface area contributed by atoms with E-state index in [2.05, 4.69) is 6.92 Å². The number of hydrogen-bond acceptors (Lipinski definition) is 3. The van der Waals surface area contributed by atoms with Crippen LogP contribution >= 0.6 is 0 Å². The van der Waals surface area contributed by atoms with Gasteiger partial charge in [-0.05, 0) is 25.7 Å². The van der Waals surface area contributed by atoms with Crippen LogP contribution in [0.25, 0.3) is 0 Å². The highest BCUT2D eigenvalue weighted by Crippen LogP contribution is 2.20. The van der Waals surface area contributed by atoms with E-state index in [1.807, 2.05) is 4.90 Å². The van der Waals surface area contributed by atoms with Crippen LogP contribution in [0.2, 0.25) is 0 Å². The van der Waals surface area contributed by atoms with Crippen LogP contribution in [0.4, 0.5) is 0 Å². The molecule has 2 aliphatic rings. The molecule has 5 heteroatoms. The highest BCUT2D eigenvalue weighted by atomic mass is 16.2. The fourth-order valence-corrected chi connectivity index (χ4v) is 2.98. The Morgan fingerprint density at radius 1 is 1.21 bits per heavy atom. The zero-order valence-corrected chi connectivity index (χ0v) is 11.6. The third kappa shape index (κ3) is 3.14. The van der Waals surface area contributed by atoms with Crippen molar-refractivity contribution < 1.29 is 14.4 Å². The third-order valence-corrected chi connectivity index (χ3v) is 4.12. The van der Waals surface area contributed by atoms with E-state index in [9.17, 15) is 14.4 Å². The Morgan fingerprint density at radius 2 is 1.89 bits per heavy atom. The van der Waals surface area contributed by atoms with E-state index in [-0.39, 0.29) is 30.7 Å². The van der Waals surface area contributed by atoms with Crippen LogP contribution in [0.15, 0.2) is 0 Å². The fourth-order valence-electron chi connectivity index (χ4n) is 2.98. The van der Waals surface area contributed by atoms with E-state index in [4.69, 9.17) is 0 Å². The Morgan fingerprint density at radius 3 is 2.53 bits per heavy atom. The summed E-state index contributed by atoms with van der Waals surface area (Å²) >= 11 is 0. The average Bonchev–Trinajstić information content (AvgIpc) is 2.75. The summed E-state index contributed by atoms with van der Waals surface area (Å²) in [5.74, 6) is -0.189. The second-order valence-corrected chi connectivity index (χ2v) is 5.33. The van der Waals surface area contributed by atoms with E-state index in [0.717, 1.165) is 25.8 Å². The predicted molar refractivity (Wildman–Crippen MR) is 70.2 cm³/mol. The minimum Gasteiger partial charge on any atom is -0.340 e. The molecule has 0 radical (unpaired) electrons. The molecule has 0 aromatic heterocycles. The average molecular weight is 266 g/mol. The number of imide groups is 1. The van der Waals surface area contributed by atoms with Gasteiger partial charge in [0.05, 0.1) is 0 Å². The molecule has 19 heavy (non-hydrogen) atoms. The van der Waals surface area contributed by atoms with Gasteiger partial charge < -0.3 is 4.90 Å². The highest BCUT2D eigenvalue weighted by Gasteiger charge is 2.30. The maximum atomic E-state index is 12.2. The van der Waals surface area contributed by atoms with Crippen LogP contribution < -0.4 is 0 Å². The second-order valence-electron chi connectivity index (χ2n) is 5.33. The topological polar surface area (TPSA) is 57.7 Å². The summed E-state index contributed by atoms with van der Waals surface area (Å²) in [6, 6.07) is 0.339. The molecule has 0 spiro atoms. The summed E-state index contributed by atoms with van der Waals surface area (Å²) in [4.78, 5) is 38.3. The molecule has 0 aromatic rings. The van der Waals surface area contributed by atoms with Gasteiger partial charge in [0, 0.05) is 38.4 Å². The van der Waals surface area contributed by atoms with Gasteiger partial charge >= 0.3 is 0 Å². The van der Waals surface area contributed by atoms with Crippen molar-refractivity contribution in [3.8, 4) is 0 Å². The minimum atomic E-state index is -0.136. The van der Waals surface area contributed by atoms with Crippen molar-refractivity contribution in [2.24, 2.45) is 0 Å². The van der Waals surface area contributed by atoms with Crippen molar-refractivity contribution in [3.63, 3.8) is 0 Å².